The fourth-order valence-electron chi connectivity index (χ4n) is 1.16. The molecule has 0 aromatic carbocycles. The standard InChI is InChI=1S/C9H10N4O3S/c1-16-8-3-2-7(4-11-8)13-17(14,15)9-5-10-6-12-9/h2-6,13H,1H3,(H,10,12). The van der Waals surface area contributed by atoms with Crippen LogP contribution in [0.2, 0.25) is 0 Å². The lowest BCUT2D eigenvalue weighted by Crippen LogP contribution is -2.13. The first-order valence-electron chi connectivity index (χ1n) is 4.63. The van der Waals surface area contributed by atoms with Crippen LogP contribution in [0.3, 0.4) is 0 Å². The van der Waals surface area contributed by atoms with E-state index in [1.807, 2.05) is 0 Å². The van der Waals surface area contributed by atoms with Gasteiger partial charge in [0.05, 0.1) is 31.5 Å². The van der Waals surface area contributed by atoms with Crippen molar-refractivity contribution in [1.29, 1.82) is 0 Å². The minimum absolute atomic E-state index is 0.00619. The van der Waals surface area contributed by atoms with Gasteiger partial charge in [-0.3, -0.25) is 4.72 Å². The van der Waals surface area contributed by atoms with Crippen LogP contribution in [-0.2, 0) is 10.0 Å². The molecule has 7 nitrogen and oxygen atoms in total. The lowest BCUT2D eigenvalue weighted by atomic mass is 10.4. The molecule has 0 bridgehead atoms. The minimum atomic E-state index is -3.64. The maximum atomic E-state index is 11.8. The SMILES string of the molecule is COc1ccc(NS(=O)(=O)c2cnc[nH]2)cn1. The summed E-state index contributed by atoms with van der Waals surface area (Å²) >= 11 is 0. The molecular weight excluding hydrogens is 244 g/mol. The molecule has 0 aliphatic carbocycles. The summed E-state index contributed by atoms with van der Waals surface area (Å²) in [6, 6.07) is 3.12. The Morgan fingerprint density at radius 2 is 2.18 bits per heavy atom. The van der Waals surface area contributed by atoms with Gasteiger partial charge in [-0.05, 0) is 6.07 Å². The van der Waals surface area contributed by atoms with E-state index in [1.54, 1.807) is 12.1 Å². The number of H-pyrrole nitrogens is 1. The molecule has 2 aromatic heterocycles. The van der Waals surface area contributed by atoms with Gasteiger partial charge in [-0.25, -0.2) is 9.97 Å². The van der Waals surface area contributed by atoms with Crippen LogP contribution in [0.1, 0.15) is 0 Å². The van der Waals surface area contributed by atoms with Crippen LogP contribution < -0.4 is 9.46 Å². The molecule has 8 heteroatoms. The molecule has 0 radical (unpaired) electrons. The molecule has 2 aromatic rings. The summed E-state index contributed by atoms with van der Waals surface area (Å²) in [4.78, 5) is 10.0. The van der Waals surface area contributed by atoms with Crippen molar-refractivity contribution in [3.8, 4) is 5.88 Å². The normalized spacial score (nSPS) is 11.1. The Morgan fingerprint density at radius 1 is 1.35 bits per heavy atom. The highest BCUT2D eigenvalue weighted by Crippen LogP contribution is 2.15. The predicted octanol–water partition coefficient (Wildman–Crippen LogP) is 0.614. The average molecular weight is 254 g/mol. The van der Waals surface area contributed by atoms with Crippen molar-refractivity contribution in [2.24, 2.45) is 0 Å². The smallest absolute Gasteiger partial charge is 0.279 e. The summed E-state index contributed by atoms with van der Waals surface area (Å²) < 4.78 is 30.8. The van der Waals surface area contributed by atoms with Crippen molar-refractivity contribution in [2.45, 2.75) is 5.03 Å². The first-order valence-corrected chi connectivity index (χ1v) is 6.11. The number of methoxy groups -OCH3 is 1. The van der Waals surface area contributed by atoms with Gasteiger partial charge in [0.1, 0.15) is 0 Å². The van der Waals surface area contributed by atoms with E-state index in [9.17, 15) is 8.42 Å². The van der Waals surface area contributed by atoms with E-state index in [1.165, 1.54) is 25.8 Å². The Kier molecular flexibility index (Phi) is 2.96. The van der Waals surface area contributed by atoms with E-state index < -0.39 is 10.0 Å². The fourth-order valence-corrected chi connectivity index (χ4v) is 2.11. The Bertz CT molecular complexity index is 577. The van der Waals surface area contributed by atoms with Crippen molar-refractivity contribution in [1.82, 2.24) is 15.0 Å². The number of sulfonamides is 1. The molecule has 0 spiro atoms. The summed E-state index contributed by atoms with van der Waals surface area (Å²) in [7, 11) is -2.16. The summed E-state index contributed by atoms with van der Waals surface area (Å²) in [6.07, 6.45) is 3.88. The zero-order valence-corrected chi connectivity index (χ0v) is 9.73. The number of hydrogen-bond acceptors (Lipinski definition) is 5. The number of aromatic amines is 1. The van der Waals surface area contributed by atoms with Gasteiger partial charge in [-0.2, -0.15) is 8.42 Å². The number of ether oxygens (including phenoxy) is 1. The van der Waals surface area contributed by atoms with E-state index in [0.717, 1.165) is 0 Å². The Balaban J connectivity index is 2.21. The number of nitrogens with zero attached hydrogens (tertiary/aromatic N) is 2. The summed E-state index contributed by atoms with van der Waals surface area (Å²) in [5.74, 6) is 0.412. The number of aromatic nitrogens is 3. The topological polar surface area (TPSA) is 97.0 Å². The molecule has 2 N–H and O–H groups in total. The molecule has 0 aliphatic heterocycles. The molecule has 0 aliphatic rings. The second kappa shape index (κ2) is 4.42. The molecule has 0 saturated heterocycles. The molecule has 0 unspecified atom stereocenters. The van der Waals surface area contributed by atoms with Crippen LogP contribution in [0.4, 0.5) is 5.69 Å². The largest absolute Gasteiger partial charge is 0.481 e. The highest BCUT2D eigenvalue weighted by molar-refractivity contribution is 7.92. The van der Waals surface area contributed by atoms with Gasteiger partial charge in [-0.1, -0.05) is 0 Å². The molecule has 2 rings (SSSR count). The molecule has 0 saturated carbocycles. The molecular formula is C9H10N4O3S. The Morgan fingerprint density at radius 3 is 2.71 bits per heavy atom. The van der Waals surface area contributed by atoms with Crippen LogP contribution in [0.15, 0.2) is 35.9 Å². The van der Waals surface area contributed by atoms with Crippen LogP contribution in [0.25, 0.3) is 0 Å². The first kappa shape index (κ1) is 11.4. The third kappa shape index (κ3) is 2.53. The van der Waals surface area contributed by atoms with Gasteiger partial charge in [0.15, 0.2) is 5.03 Å². The van der Waals surface area contributed by atoms with E-state index >= 15 is 0 Å². The third-order valence-corrected chi connectivity index (χ3v) is 3.27. The molecule has 0 fully saturated rings. The van der Waals surface area contributed by atoms with E-state index in [0.29, 0.717) is 11.6 Å². The molecule has 0 amide bonds. The molecule has 2 heterocycles. The second-order valence-corrected chi connectivity index (χ2v) is 4.76. The fraction of sp³-hybridized carbons (Fsp3) is 0.111. The summed E-state index contributed by atoms with van der Waals surface area (Å²) in [5, 5.41) is -0.00619. The zero-order valence-electron chi connectivity index (χ0n) is 8.91. The van der Waals surface area contributed by atoms with Crippen molar-refractivity contribution < 1.29 is 13.2 Å². The van der Waals surface area contributed by atoms with Crippen molar-refractivity contribution in [3.63, 3.8) is 0 Å². The molecule has 90 valence electrons. The highest BCUT2D eigenvalue weighted by Gasteiger charge is 2.15. The predicted molar refractivity (Wildman–Crippen MR) is 60.2 cm³/mol. The number of nitrogens with one attached hydrogen (secondary N) is 2. The maximum Gasteiger partial charge on any atom is 0.279 e. The zero-order chi connectivity index (χ0) is 12.3. The summed E-state index contributed by atoms with van der Waals surface area (Å²) in [6.45, 7) is 0. The van der Waals surface area contributed by atoms with Gasteiger partial charge in [0.25, 0.3) is 10.0 Å². The number of rotatable bonds is 4. The van der Waals surface area contributed by atoms with Gasteiger partial charge in [0, 0.05) is 6.07 Å². The van der Waals surface area contributed by atoms with Crippen LogP contribution in [0, 0.1) is 0 Å². The van der Waals surface area contributed by atoms with Crippen molar-refractivity contribution in [2.75, 3.05) is 11.8 Å². The monoisotopic (exact) mass is 254 g/mol. The number of anilines is 1. The minimum Gasteiger partial charge on any atom is -0.481 e. The van der Waals surface area contributed by atoms with E-state index in [-0.39, 0.29) is 5.03 Å². The lowest BCUT2D eigenvalue weighted by Gasteiger charge is -2.05. The Labute approximate surface area is 97.9 Å². The van der Waals surface area contributed by atoms with E-state index in [4.69, 9.17) is 4.74 Å². The number of imidazole rings is 1. The van der Waals surface area contributed by atoms with Gasteiger partial charge < -0.3 is 9.72 Å². The van der Waals surface area contributed by atoms with Gasteiger partial charge >= 0.3 is 0 Å². The number of hydrogen-bond donors (Lipinski definition) is 2. The molecule has 0 atom stereocenters. The second-order valence-electron chi connectivity index (χ2n) is 3.11. The molecule has 17 heavy (non-hydrogen) atoms. The van der Waals surface area contributed by atoms with Crippen molar-refractivity contribution in [3.05, 3.63) is 30.9 Å². The Hall–Kier alpha value is -2.09. The van der Waals surface area contributed by atoms with E-state index in [2.05, 4.69) is 19.7 Å². The third-order valence-electron chi connectivity index (χ3n) is 1.96. The first-order chi connectivity index (χ1) is 8.12. The van der Waals surface area contributed by atoms with Gasteiger partial charge in [-0.15, -0.1) is 0 Å². The average Bonchev–Trinajstić information content (AvgIpc) is 2.84. The summed E-state index contributed by atoms with van der Waals surface area (Å²) in [5.41, 5.74) is 0.348. The van der Waals surface area contributed by atoms with Crippen LogP contribution in [-0.4, -0.2) is 30.5 Å². The highest BCUT2D eigenvalue weighted by atomic mass is 32.2. The van der Waals surface area contributed by atoms with Gasteiger partial charge in [0.2, 0.25) is 5.88 Å². The quantitative estimate of drug-likeness (QED) is 0.833. The van der Waals surface area contributed by atoms with Crippen molar-refractivity contribution >= 4 is 15.7 Å². The lowest BCUT2D eigenvalue weighted by molar-refractivity contribution is 0.398. The maximum absolute atomic E-state index is 11.8. The number of pyridine rings is 1. The van der Waals surface area contributed by atoms with Crippen LogP contribution >= 0.6 is 0 Å². The van der Waals surface area contributed by atoms with Crippen LogP contribution in [0.5, 0.6) is 5.88 Å².